The van der Waals surface area contributed by atoms with Gasteiger partial charge in [-0.05, 0) is 29.3 Å². The minimum atomic E-state index is 0.597. The average Bonchev–Trinajstić information content (AvgIpc) is 3.26. The van der Waals surface area contributed by atoms with E-state index in [1.807, 2.05) is 12.3 Å². The van der Waals surface area contributed by atoms with Crippen LogP contribution in [0.4, 0.5) is 0 Å². The Morgan fingerprint density at radius 3 is 2.91 bits per heavy atom. The van der Waals surface area contributed by atoms with E-state index >= 15 is 0 Å². The molecule has 3 heterocycles. The van der Waals surface area contributed by atoms with Crippen LogP contribution in [0.5, 0.6) is 0 Å². The van der Waals surface area contributed by atoms with Crippen molar-refractivity contribution in [2.24, 2.45) is 0 Å². The van der Waals surface area contributed by atoms with E-state index in [0.29, 0.717) is 17.5 Å². The van der Waals surface area contributed by atoms with Crippen LogP contribution in [-0.4, -0.2) is 15.2 Å². The molecule has 0 amide bonds. The van der Waals surface area contributed by atoms with Crippen molar-refractivity contribution in [3.63, 3.8) is 0 Å². The summed E-state index contributed by atoms with van der Waals surface area (Å²) < 4.78 is 7.03. The van der Waals surface area contributed by atoms with E-state index in [2.05, 4.69) is 44.8 Å². The Morgan fingerprint density at radius 1 is 1.13 bits per heavy atom. The fourth-order valence-electron chi connectivity index (χ4n) is 2.30. The van der Waals surface area contributed by atoms with Gasteiger partial charge in [0.05, 0.1) is 17.1 Å². The Morgan fingerprint density at radius 2 is 2.04 bits per heavy atom. The number of thioether (sulfide) groups is 1. The summed E-state index contributed by atoms with van der Waals surface area (Å²) in [6.45, 7) is 1.99. The van der Waals surface area contributed by atoms with Crippen LogP contribution in [0, 0.1) is 6.92 Å². The molecule has 23 heavy (non-hydrogen) atoms. The van der Waals surface area contributed by atoms with Crippen LogP contribution in [0.2, 0.25) is 0 Å². The van der Waals surface area contributed by atoms with Crippen molar-refractivity contribution in [3.8, 4) is 0 Å². The molecule has 116 valence electrons. The molecule has 0 unspecified atom stereocenters. The quantitative estimate of drug-likeness (QED) is 0.473. The lowest BCUT2D eigenvalue weighted by Gasteiger charge is -1.96. The zero-order valence-electron chi connectivity index (χ0n) is 12.4. The van der Waals surface area contributed by atoms with Gasteiger partial charge < -0.3 is 4.42 Å². The van der Waals surface area contributed by atoms with Crippen LogP contribution < -0.4 is 0 Å². The van der Waals surface area contributed by atoms with Crippen molar-refractivity contribution in [1.82, 2.24) is 15.2 Å². The van der Waals surface area contributed by atoms with Crippen molar-refractivity contribution in [2.75, 3.05) is 0 Å². The SMILES string of the molecule is Cc1nc(Cc2nnc(SCc3csc4ccccc34)o2)cs1. The van der Waals surface area contributed by atoms with Crippen LogP contribution in [-0.2, 0) is 12.2 Å². The number of thiophene rings is 1. The van der Waals surface area contributed by atoms with Gasteiger partial charge in [-0.2, -0.15) is 0 Å². The van der Waals surface area contributed by atoms with Gasteiger partial charge in [-0.1, -0.05) is 30.0 Å². The number of thiazole rings is 1. The molecule has 0 radical (unpaired) electrons. The third-order valence-electron chi connectivity index (χ3n) is 3.36. The topological polar surface area (TPSA) is 51.8 Å². The third-order valence-corrected chi connectivity index (χ3v) is 6.06. The first-order chi connectivity index (χ1) is 11.3. The molecule has 3 aromatic heterocycles. The highest BCUT2D eigenvalue weighted by molar-refractivity contribution is 7.98. The van der Waals surface area contributed by atoms with E-state index in [4.69, 9.17) is 4.42 Å². The van der Waals surface area contributed by atoms with Gasteiger partial charge >= 0.3 is 0 Å². The lowest BCUT2D eigenvalue weighted by atomic mass is 10.2. The van der Waals surface area contributed by atoms with Crippen LogP contribution >= 0.6 is 34.4 Å². The van der Waals surface area contributed by atoms with Crippen molar-refractivity contribution >= 4 is 44.5 Å². The largest absolute Gasteiger partial charge is 0.416 e. The Labute approximate surface area is 145 Å². The molecular weight excluding hydrogens is 346 g/mol. The van der Waals surface area contributed by atoms with E-state index < -0.39 is 0 Å². The maximum Gasteiger partial charge on any atom is 0.276 e. The Bertz CT molecular complexity index is 941. The third kappa shape index (κ3) is 3.31. The summed E-state index contributed by atoms with van der Waals surface area (Å²) in [4.78, 5) is 4.42. The molecule has 0 fully saturated rings. The molecule has 0 atom stereocenters. The number of rotatable bonds is 5. The molecule has 0 saturated carbocycles. The van der Waals surface area contributed by atoms with E-state index in [9.17, 15) is 0 Å². The van der Waals surface area contributed by atoms with Crippen LogP contribution in [0.25, 0.3) is 10.1 Å². The summed E-state index contributed by atoms with van der Waals surface area (Å²) in [5.41, 5.74) is 2.29. The Kier molecular flexibility index (Phi) is 4.15. The number of aromatic nitrogens is 3. The van der Waals surface area contributed by atoms with Crippen molar-refractivity contribution in [1.29, 1.82) is 0 Å². The van der Waals surface area contributed by atoms with Crippen LogP contribution in [0.3, 0.4) is 0 Å². The van der Waals surface area contributed by atoms with Crippen LogP contribution in [0.1, 0.15) is 22.2 Å². The monoisotopic (exact) mass is 359 g/mol. The summed E-state index contributed by atoms with van der Waals surface area (Å²) >= 11 is 4.98. The highest BCUT2D eigenvalue weighted by Crippen LogP contribution is 2.31. The predicted molar refractivity (Wildman–Crippen MR) is 95.3 cm³/mol. The molecule has 0 aliphatic carbocycles. The predicted octanol–water partition coefficient (Wildman–Crippen LogP) is 4.93. The second-order valence-electron chi connectivity index (χ2n) is 5.04. The summed E-state index contributed by atoms with van der Waals surface area (Å²) in [5, 5.41) is 15.4. The van der Waals surface area contributed by atoms with Crippen molar-refractivity contribution in [3.05, 3.63) is 57.2 Å². The maximum atomic E-state index is 5.72. The fraction of sp³-hybridized carbons (Fsp3) is 0.188. The molecule has 0 N–H and O–H groups in total. The molecule has 4 aromatic rings. The molecule has 0 aliphatic heterocycles. The first kappa shape index (κ1) is 14.9. The molecular formula is C16H13N3OS3. The zero-order chi connectivity index (χ0) is 15.6. The standard InChI is InChI=1S/C16H13N3OS3/c1-10-17-12(9-21-10)6-15-18-19-16(20-15)23-8-11-7-22-14-5-3-2-4-13(11)14/h2-5,7,9H,6,8H2,1H3. The molecule has 7 heteroatoms. The van der Waals surface area contributed by atoms with Crippen molar-refractivity contribution in [2.45, 2.75) is 24.3 Å². The number of benzene rings is 1. The number of aryl methyl sites for hydroxylation is 1. The normalized spacial score (nSPS) is 11.3. The van der Waals surface area contributed by atoms with Gasteiger partial charge in [0, 0.05) is 15.8 Å². The molecule has 0 bridgehead atoms. The lowest BCUT2D eigenvalue weighted by molar-refractivity contribution is 0.419. The highest BCUT2D eigenvalue weighted by Gasteiger charge is 2.11. The van der Waals surface area contributed by atoms with E-state index in [1.165, 1.54) is 15.6 Å². The zero-order valence-corrected chi connectivity index (χ0v) is 14.8. The number of fused-ring (bicyclic) bond motifs is 1. The van der Waals surface area contributed by atoms with E-state index in [1.54, 1.807) is 34.4 Å². The smallest absolute Gasteiger partial charge is 0.276 e. The fourth-order valence-corrected chi connectivity index (χ4v) is 4.75. The molecule has 4 nitrogen and oxygen atoms in total. The number of hydrogen-bond acceptors (Lipinski definition) is 7. The van der Waals surface area contributed by atoms with Gasteiger partial charge in [-0.25, -0.2) is 4.98 Å². The Hall–Kier alpha value is -1.70. The molecule has 4 rings (SSSR count). The van der Waals surface area contributed by atoms with Crippen LogP contribution in [0.15, 0.2) is 44.7 Å². The van der Waals surface area contributed by atoms with Gasteiger partial charge in [0.15, 0.2) is 0 Å². The van der Waals surface area contributed by atoms with E-state index in [-0.39, 0.29) is 0 Å². The van der Waals surface area contributed by atoms with Gasteiger partial charge in [0.1, 0.15) is 0 Å². The summed E-state index contributed by atoms with van der Waals surface area (Å²) in [5.74, 6) is 1.45. The van der Waals surface area contributed by atoms with E-state index in [0.717, 1.165) is 16.5 Å². The summed E-state index contributed by atoms with van der Waals surface area (Å²) in [6, 6.07) is 8.45. The second kappa shape index (κ2) is 6.43. The maximum absolute atomic E-state index is 5.72. The van der Waals surface area contributed by atoms with Gasteiger partial charge in [0.25, 0.3) is 5.22 Å². The average molecular weight is 360 g/mol. The highest BCUT2D eigenvalue weighted by atomic mass is 32.2. The van der Waals surface area contributed by atoms with Gasteiger partial charge in [-0.15, -0.1) is 32.9 Å². The lowest BCUT2D eigenvalue weighted by Crippen LogP contribution is -1.88. The second-order valence-corrected chi connectivity index (χ2v) is 7.94. The van der Waals surface area contributed by atoms with Crippen molar-refractivity contribution < 1.29 is 4.42 Å². The minimum Gasteiger partial charge on any atom is -0.416 e. The molecule has 0 saturated heterocycles. The van der Waals surface area contributed by atoms with Gasteiger partial charge in [0.2, 0.25) is 5.89 Å². The molecule has 1 aromatic carbocycles. The molecule has 0 aliphatic rings. The summed E-state index contributed by atoms with van der Waals surface area (Å²) in [7, 11) is 0. The molecule has 0 spiro atoms. The first-order valence-corrected chi connectivity index (χ1v) is 9.84. The van der Waals surface area contributed by atoms with Gasteiger partial charge in [-0.3, -0.25) is 0 Å². The number of hydrogen-bond donors (Lipinski definition) is 0. The minimum absolute atomic E-state index is 0.597. The first-order valence-electron chi connectivity index (χ1n) is 7.09. The Balaban J connectivity index is 1.43. The number of nitrogens with zero attached hydrogens (tertiary/aromatic N) is 3. The summed E-state index contributed by atoms with van der Waals surface area (Å²) in [6.07, 6.45) is 0.597.